The van der Waals surface area contributed by atoms with Crippen LogP contribution in [0.3, 0.4) is 0 Å². The maximum atomic E-state index is 11.1. The molecule has 0 spiro atoms. The third-order valence-electron chi connectivity index (χ3n) is 2.50. The first-order chi connectivity index (χ1) is 7.90. The Morgan fingerprint density at radius 1 is 1.41 bits per heavy atom. The van der Waals surface area contributed by atoms with Crippen LogP contribution >= 0.6 is 0 Å². The number of anilines is 1. The topological polar surface area (TPSA) is 69.6 Å². The van der Waals surface area contributed by atoms with Gasteiger partial charge in [-0.05, 0) is 39.3 Å². The van der Waals surface area contributed by atoms with Crippen molar-refractivity contribution in [2.75, 3.05) is 5.32 Å². The molecule has 4 heteroatoms. The minimum absolute atomic E-state index is 0.0239. The number of hydrogen-bond donors (Lipinski definition) is 3. The van der Waals surface area contributed by atoms with Crippen LogP contribution in [-0.4, -0.2) is 28.3 Å². The van der Waals surface area contributed by atoms with Crippen molar-refractivity contribution < 1.29 is 15.0 Å². The zero-order chi connectivity index (χ0) is 13.0. The fraction of sp³-hybridized carbons (Fsp3) is 0.462. The van der Waals surface area contributed by atoms with E-state index in [1.807, 2.05) is 19.9 Å². The lowest BCUT2D eigenvalue weighted by Gasteiger charge is -2.18. The molecule has 3 N–H and O–H groups in total. The van der Waals surface area contributed by atoms with E-state index in [1.54, 1.807) is 19.1 Å². The molecular weight excluding hydrogens is 218 g/mol. The maximum Gasteiger partial charge on any atom is 0.337 e. The lowest BCUT2D eigenvalue weighted by molar-refractivity contribution is 0.0698. The molecule has 1 aromatic carbocycles. The zero-order valence-corrected chi connectivity index (χ0v) is 10.4. The van der Waals surface area contributed by atoms with E-state index in [2.05, 4.69) is 5.32 Å². The molecule has 0 amide bonds. The van der Waals surface area contributed by atoms with Gasteiger partial charge in [-0.3, -0.25) is 0 Å². The predicted molar refractivity (Wildman–Crippen MR) is 67.5 cm³/mol. The van der Waals surface area contributed by atoms with Gasteiger partial charge in [0.1, 0.15) is 0 Å². The van der Waals surface area contributed by atoms with Crippen LogP contribution in [0.2, 0.25) is 0 Å². The summed E-state index contributed by atoms with van der Waals surface area (Å²) in [5, 5.41) is 21.5. The highest BCUT2D eigenvalue weighted by atomic mass is 16.4. The Kier molecular flexibility index (Phi) is 4.52. The van der Waals surface area contributed by atoms with Crippen LogP contribution in [0.5, 0.6) is 0 Å². The Morgan fingerprint density at radius 2 is 2.06 bits per heavy atom. The molecule has 0 saturated carbocycles. The highest BCUT2D eigenvalue weighted by molar-refractivity contribution is 5.94. The first-order valence-electron chi connectivity index (χ1n) is 5.68. The van der Waals surface area contributed by atoms with Crippen molar-refractivity contribution in [1.82, 2.24) is 0 Å². The molecule has 0 bridgehead atoms. The van der Waals surface area contributed by atoms with E-state index < -0.39 is 12.1 Å². The number of nitrogens with one attached hydrogen (secondary N) is 1. The van der Waals surface area contributed by atoms with Crippen LogP contribution in [0.15, 0.2) is 18.2 Å². The summed E-state index contributed by atoms with van der Waals surface area (Å²) in [6.07, 6.45) is 0.170. The normalized spacial score (nSPS) is 14.1. The first kappa shape index (κ1) is 13.5. The maximum absolute atomic E-state index is 11.1. The Morgan fingerprint density at radius 3 is 2.59 bits per heavy atom. The lowest BCUT2D eigenvalue weighted by Crippen LogP contribution is -2.22. The van der Waals surface area contributed by atoms with Gasteiger partial charge in [-0.2, -0.15) is 0 Å². The van der Waals surface area contributed by atoms with Gasteiger partial charge in [-0.15, -0.1) is 0 Å². The average Bonchev–Trinajstić information content (AvgIpc) is 2.19. The Hall–Kier alpha value is -1.55. The summed E-state index contributed by atoms with van der Waals surface area (Å²) < 4.78 is 0. The van der Waals surface area contributed by atoms with E-state index in [0.29, 0.717) is 12.1 Å². The summed E-state index contributed by atoms with van der Waals surface area (Å²) in [6.45, 7) is 5.49. The molecule has 0 aromatic heterocycles. The van der Waals surface area contributed by atoms with E-state index in [9.17, 15) is 9.90 Å². The quantitative estimate of drug-likeness (QED) is 0.734. The van der Waals surface area contributed by atoms with Gasteiger partial charge < -0.3 is 15.5 Å². The third kappa shape index (κ3) is 4.07. The van der Waals surface area contributed by atoms with Crippen LogP contribution < -0.4 is 5.32 Å². The van der Waals surface area contributed by atoms with E-state index >= 15 is 0 Å². The smallest absolute Gasteiger partial charge is 0.337 e. The van der Waals surface area contributed by atoms with E-state index in [4.69, 9.17) is 5.11 Å². The van der Waals surface area contributed by atoms with Gasteiger partial charge in [0, 0.05) is 11.7 Å². The zero-order valence-electron chi connectivity index (χ0n) is 10.4. The summed E-state index contributed by atoms with van der Waals surface area (Å²) >= 11 is 0. The standard InChI is InChI=1S/C13H19NO3/c1-8-4-5-12(11(6-8)13(16)17)14-9(2)7-10(3)15/h4-6,9-10,14-15H,7H2,1-3H3,(H,16,17). The van der Waals surface area contributed by atoms with Crippen molar-refractivity contribution in [3.8, 4) is 0 Å². The molecule has 1 rings (SSSR count). The molecule has 0 saturated heterocycles. The second-order valence-corrected chi connectivity index (χ2v) is 4.48. The molecule has 2 unspecified atom stereocenters. The van der Waals surface area contributed by atoms with Crippen LogP contribution in [0.4, 0.5) is 5.69 Å². The molecule has 0 aliphatic heterocycles. The van der Waals surface area contributed by atoms with Gasteiger partial charge in [0.05, 0.1) is 11.7 Å². The molecular formula is C13H19NO3. The Labute approximate surface area is 101 Å². The SMILES string of the molecule is Cc1ccc(NC(C)CC(C)O)c(C(=O)O)c1. The van der Waals surface area contributed by atoms with Crippen LogP contribution in [0.1, 0.15) is 36.2 Å². The lowest BCUT2D eigenvalue weighted by atomic mass is 10.1. The molecule has 4 nitrogen and oxygen atoms in total. The highest BCUT2D eigenvalue weighted by Crippen LogP contribution is 2.19. The molecule has 17 heavy (non-hydrogen) atoms. The van der Waals surface area contributed by atoms with E-state index in [0.717, 1.165) is 5.56 Å². The summed E-state index contributed by atoms with van der Waals surface area (Å²) in [7, 11) is 0. The number of hydrogen-bond acceptors (Lipinski definition) is 3. The predicted octanol–water partition coefficient (Wildman–Crippen LogP) is 2.26. The minimum Gasteiger partial charge on any atom is -0.478 e. The van der Waals surface area contributed by atoms with Gasteiger partial charge >= 0.3 is 5.97 Å². The number of carboxylic acids is 1. The molecule has 1 aromatic rings. The fourth-order valence-corrected chi connectivity index (χ4v) is 1.80. The molecule has 0 heterocycles. The molecule has 0 aliphatic rings. The average molecular weight is 237 g/mol. The monoisotopic (exact) mass is 237 g/mol. The second kappa shape index (κ2) is 5.68. The minimum atomic E-state index is -0.944. The number of benzene rings is 1. The van der Waals surface area contributed by atoms with Crippen molar-refractivity contribution in [3.05, 3.63) is 29.3 Å². The number of aliphatic hydroxyl groups excluding tert-OH is 1. The van der Waals surface area contributed by atoms with Gasteiger partial charge in [0.2, 0.25) is 0 Å². The number of aromatic carboxylic acids is 1. The number of aryl methyl sites for hydroxylation is 1. The summed E-state index contributed by atoms with van der Waals surface area (Å²) in [4.78, 5) is 11.1. The van der Waals surface area contributed by atoms with Crippen LogP contribution in [-0.2, 0) is 0 Å². The second-order valence-electron chi connectivity index (χ2n) is 4.48. The van der Waals surface area contributed by atoms with Gasteiger partial charge in [-0.1, -0.05) is 11.6 Å². The largest absolute Gasteiger partial charge is 0.478 e. The Balaban J connectivity index is 2.86. The van der Waals surface area contributed by atoms with Crippen molar-refractivity contribution in [2.24, 2.45) is 0 Å². The van der Waals surface area contributed by atoms with Crippen molar-refractivity contribution in [1.29, 1.82) is 0 Å². The van der Waals surface area contributed by atoms with Gasteiger partial charge in [0.15, 0.2) is 0 Å². The summed E-state index contributed by atoms with van der Waals surface area (Å²) in [5.74, 6) is -0.944. The molecule has 94 valence electrons. The number of rotatable bonds is 5. The number of carboxylic acid groups (broad SMARTS) is 1. The van der Waals surface area contributed by atoms with Gasteiger partial charge in [0.25, 0.3) is 0 Å². The Bertz CT molecular complexity index is 402. The molecule has 0 radical (unpaired) electrons. The van der Waals surface area contributed by atoms with Crippen molar-refractivity contribution >= 4 is 11.7 Å². The summed E-state index contributed by atoms with van der Waals surface area (Å²) in [5.41, 5.74) is 1.77. The van der Waals surface area contributed by atoms with Crippen LogP contribution in [0, 0.1) is 6.92 Å². The van der Waals surface area contributed by atoms with E-state index in [-0.39, 0.29) is 11.6 Å². The molecule has 2 atom stereocenters. The first-order valence-corrected chi connectivity index (χ1v) is 5.68. The van der Waals surface area contributed by atoms with Gasteiger partial charge in [-0.25, -0.2) is 4.79 Å². The van der Waals surface area contributed by atoms with E-state index in [1.165, 1.54) is 0 Å². The summed E-state index contributed by atoms with van der Waals surface area (Å²) in [6, 6.07) is 5.29. The molecule has 0 aliphatic carbocycles. The van der Waals surface area contributed by atoms with Crippen molar-refractivity contribution in [3.63, 3.8) is 0 Å². The fourth-order valence-electron chi connectivity index (χ4n) is 1.80. The third-order valence-corrected chi connectivity index (χ3v) is 2.50. The van der Waals surface area contributed by atoms with Crippen LogP contribution in [0.25, 0.3) is 0 Å². The molecule has 0 fully saturated rings. The highest BCUT2D eigenvalue weighted by Gasteiger charge is 2.13. The number of carbonyl (C=O) groups is 1. The number of aliphatic hydroxyl groups is 1. The van der Waals surface area contributed by atoms with Crippen molar-refractivity contribution in [2.45, 2.75) is 39.3 Å².